The summed E-state index contributed by atoms with van der Waals surface area (Å²) < 4.78 is 10.4. The Hall–Kier alpha value is -2.60. The van der Waals surface area contributed by atoms with E-state index in [-0.39, 0.29) is 18.4 Å². The summed E-state index contributed by atoms with van der Waals surface area (Å²) in [6.07, 6.45) is 2.21. The number of furan rings is 1. The Kier molecular flexibility index (Phi) is 4.96. The number of carbonyl (C=O) groups excluding carboxylic acids is 1. The van der Waals surface area contributed by atoms with Crippen molar-refractivity contribution in [2.24, 2.45) is 0 Å². The van der Waals surface area contributed by atoms with E-state index >= 15 is 0 Å². The van der Waals surface area contributed by atoms with Crippen molar-refractivity contribution in [3.8, 4) is 11.4 Å². The van der Waals surface area contributed by atoms with E-state index in [2.05, 4.69) is 15.5 Å². The third kappa shape index (κ3) is 4.02. The van der Waals surface area contributed by atoms with Crippen molar-refractivity contribution in [1.29, 1.82) is 0 Å². The van der Waals surface area contributed by atoms with Gasteiger partial charge in [-0.1, -0.05) is 16.8 Å². The average molecular weight is 346 g/mol. The summed E-state index contributed by atoms with van der Waals surface area (Å²) in [5, 5.41) is 7.42. The molecular weight excluding hydrogens is 330 g/mol. The number of amides is 1. The van der Waals surface area contributed by atoms with Gasteiger partial charge in [-0.25, -0.2) is 0 Å². The van der Waals surface area contributed by atoms with E-state index in [1.54, 1.807) is 24.5 Å². The molecule has 0 fully saturated rings. The predicted octanol–water partition coefficient (Wildman–Crippen LogP) is 3.79. The second kappa shape index (κ2) is 7.31. The number of hydrogen-bond donors (Lipinski definition) is 1. The Morgan fingerprint density at radius 3 is 2.79 bits per heavy atom. The molecule has 3 rings (SSSR count). The summed E-state index contributed by atoms with van der Waals surface area (Å²) in [4.78, 5) is 16.3. The van der Waals surface area contributed by atoms with E-state index in [1.807, 2.05) is 25.1 Å². The van der Waals surface area contributed by atoms with Crippen LogP contribution in [0.15, 0.2) is 51.6 Å². The summed E-state index contributed by atoms with van der Waals surface area (Å²) in [6, 6.07) is 10.6. The van der Waals surface area contributed by atoms with Crippen molar-refractivity contribution in [3.63, 3.8) is 0 Å². The number of hydrogen-bond acceptors (Lipinski definition) is 5. The quantitative estimate of drug-likeness (QED) is 0.735. The molecule has 0 radical (unpaired) electrons. The van der Waals surface area contributed by atoms with E-state index in [1.165, 1.54) is 0 Å². The number of aromatic nitrogens is 2. The van der Waals surface area contributed by atoms with Crippen molar-refractivity contribution in [2.75, 3.05) is 0 Å². The van der Waals surface area contributed by atoms with E-state index in [9.17, 15) is 4.79 Å². The molecule has 1 aromatic carbocycles. The molecule has 0 unspecified atom stereocenters. The maximum atomic E-state index is 12.0. The van der Waals surface area contributed by atoms with Crippen LogP contribution in [0.1, 0.15) is 31.0 Å². The molecule has 124 valence electrons. The Morgan fingerprint density at radius 2 is 2.08 bits per heavy atom. The van der Waals surface area contributed by atoms with E-state index in [4.69, 9.17) is 20.5 Å². The van der Waals surface area contributed by atoms with Crippen LogP contribution in [0.25, 0.3) is 11.4 Å². The molecule has 1 atom stereocenters. The lowest BCUT2D eigenvalue weighted by atomic mass is 10.2. The second-order valence-corrected chi connectivity index (χ2v) is 5.76. The number of aryl methyl sites for hydroxylation is 1. The predicted molar refractivity (Wildman–Crippen MR) is 88.3 cm³/mol. The van der Waals surface area contributed by atoms with Gasteiger partial charge in [-0.05, 0) is 43.3 Å². The molecule has 2 aromatic heterocycles. The molecule has 0 saturated heterocycles. The molecule has 0 aliphatic carbocycles. The lowest BCUT2D eigenvalue weighted by molar-refractivity contribution is -0.121. The van der Waals surface area contributed by atoms with Crippen LogP contribution < -0.4 is 5.32 Å². The molecule has 0 saturated carbocycles. The van der Waals surface area contributed by atoms with Gasteiger partial charge in [0.25, 0.3) is 0 Å². The molecular formula is C17H16ClN3O3. The lowest BCUT2D eigenvalue weighted by Gasteiger charge is -2.10. The molecule has 0 aliphatic heterocycles. The SMILES string of the molecule is C[C@H](NC(=O)CCc1nc(-c2ccc(Cl)cc2)no1)c1ccco1. The van der Waals surface area contributed by atoms with Crippen molar-refractivity contribution in [2.45, 2.75) is 25.8 Å². The number of nitrogens with zero attached hydrogens (tertiary/aromatic N) is 2. The van der Waals surface area contributed by atoms with Gasteiger partial charge in [-0.3, -0.25) is 4.79 Å². The summed E-state index contributed by atoms with van der Waals surface area (Å²) >= 11 is 5.85. The van der Waals surface area contributed by atoms with Crippen LogP contribution in [0.4, 0.5) is 0 Å². The van der Waals surface area contributed by atoms with Gasteiger partial charge in [0.2, 0.25) is 17.6 Å². The monoisotopic (exact) mass is 345 g/mol. The average Bonchev–Trinajstić information content (AvgIpc) is 3.25. The molecule has 6 nitrogen and oxygen atoms in total. The molecule has 0 spiro atoms. The van der Waals surface area contributed by atoms with Gasteiger partial charge in [0, 0.05) is 23.4 Å². The van der Waals surface area contributed by atoms with Gasteiger partial charge in [0.1, 0.15) is 5.76 Å². The van der Waals surface area contributed by atoms with Crippen LogP contribution in [0.2, 0.25) is 5.02 Å². The minimum absolute atomic E-state index is 0.106. The molecule has 0 aliphatic rings. The minimum Gasteiger partial charge on any atom is -0.467 e. The number of rotatable bonds is 6. The van der Waals surface area contributed by atoms with Crippen molar-refractivity contribution >= 4 is 17.5 Å². The molecule has 2 heterocycles. The maximum absolute atomic E-state index is 12.0. The van der Waals surface area contributed by atoms with Gasteiger partial charge < -0.3 is 14.3 Å². The highest BCUT2D eigenvalue weighted by molar-refractivity contribution is 6.30. The van der Waals surface area contributed by atoms with E-state index in [0.29, 0.717) is 28.9 Å². The van der Waals surface area contributed by atoms with Crippen LogP contribution in [-0.2, 0) is 11.2 Å². The minimum atomic E-state index is -0.181. The van der Waals surface area contributed by atoms with Gasteiger partial charge in [-0.15, -0.1) is 0 Å². The lowest BCUT2D eigenvalue weighted by Crippen LogP contribution is -2.26. The summed E-state index contributed by atoms with van der Waals surface area (Å²) in [7, 11) is 0. The van der Waals surface area contributed by atoms with Crippen molar-refractivity contribution in [1.82, 2.24) is 15.5 Å². The first-order chi connectivity index (χ1) is 11.6. The Morgan fingerprint density at radius 1 is 1.29 bits per heavy atom. The third-order valence-corrected chi connectivity index (χ3v) is 3.74. The number of halogens is 1. The summed E-state index contributed by atoms with van der Waals surface area (Å²) in [5.41, 5.74) is 0.810. The third-order valence-electron chi connectivity index (χ3n) is 3.48. The molecule has 7 heteroatoms. The normalized spacial score (nSPS) is 12.1. The first-order valence-corrected chi connectivity index (χ1v) is 7.91. The molecule has 1 amide bonds. The highest BCUT2D eigenvalue weighted by Gasteiger charge is 2.14. The summed E-state index contributed by atoms with van der Waals surface area (Å²) in [5.74, 6) is 1.50. The van der Waals surface area contributed by atoms with Crippen LogP contribution in [0.3, 0.4) is 0 Å². The van der Waals surface area contributed by atoms with Crippen molar-refractivity contribution in [3.05, 3.63) is 59.3 Å². The van der Waals surface area contributed by atoms with Gasteiger partial charge in [0.15, 0.2) is 0 Å². The fourth-order valence-electron chi connectivity index (χ4n) is 2.22. The molecule has 1 N–H and O–H groups in total. The molecule has 3 aromatic rings. The highest BCUT2D eigenvalue weighted by atomic mass is 35.5. The molecule has 24 heavy (non-hydrogen) atoms. The maximum Gasteiger partial charge on any atom is 0.227 e. The highest BCUT2D eigenvalue weighted by Crippen LogP contribution is 2.19. The van der Waals surface area contributed by atoms with Gasteiger partial charge >= 0.3 is 0 Å². The van der Waals surface area contributed by atoms with E-state index < -0.39 is 0 Å². The Balaban J connectivity index is 1.53. The second-order valence-electron chi connectivity index (χ2n) is 5.32. The zero-order valence-corrected chi connectivity index (χ0v) is 13.8. The standard InChI is InChI=1S/C17H16ClN3O3/c1-11(14-3-2-10-23-14)19-15(22)8-9-16-20-17(21-24-16)12-4-6-13(18)7-5-12/h2-7,10-11H,8-9H2,1H3,(H,19,22)/t11-/m0/s1. The van der Waals surface area contributed by atoms with Gasteiger partial charge in [0.05, 0.1) is 12.3 Å². The number of benzene rings is 1. The van der Waals surface area contributed by atoms with E-state index in [0.717, 1.165) is 5.56 Å². The largest absolute Gasteiger partial charge is 0.467 e. The zero-order valence-electron chi connectivity index (χ0n) is 13.0. The van der Waals surface area contributed by atoms with Crippen LogP contribution in [0, 0.1) is 0 Å². The fraction of sp³-hybridized carbons (Fsp3) is 0.235. The Bertz CT molecular complexity index is 797. The zero-order chi connectivity index (χ0) is 16.9. The topological polar surface area (TPSA) is 81.2 Å². The van der Waals surface area contributed by atoms with Crippen LogP contribution in [0.5, 0.6) is 0 Å². The summed E-state index contributed by atoms with van der Waals surface area (Å²) in [6.45, 7) is 1.86. The van der Waals surface area contributed by atoms with Crippen LogP contribution >= 0.6 is 11.6 Å². The number of nitrogens with one attached hydrogen (secondary N) is 1. The first-order valence-electron chi connectivity index (χ1n) is 7.53. The fourth-order valence-corrected chi connectivity index (χ4v) is 2.34. The Labute approximate surface area is 143 Å². The van der Waals surface area contributed by atoms with Crippen molar-refractivity contribution < 1.29 is 13.7 Å². The smallest absolute Gasteiger partial charge is 0.227 e. The number of carbonyl (C=O) groups is 1. The molecule has 0 bridgehead atoms. The first kappa shape index (κ1) is 16.3. The van der Waals surface area contributed by atoms with Crippen LogP contribution in [-0.4, -0.2) is 16.0 Å². The van der Waals surface area contributed by atoms with Gasteiger partial charge in [-0.2, -0.15) is 4.98 Å².